The molecule has 2 N–H and O–H groups in total. The second kappa shape index (κ2) is 11.1. The summed E-state index contributed by atoms with van der Waals surface area (Å²) in [6.07, 6.45) is 0.874. The van der Waals surface area contributed by atoms with Crippen molar-refractivity contribution in [2.45, 2.75) is 32.1 Å². The van der Waals surface area contributed by atoms with Gasteiger partial charge in [0.05, 0.1) is 11.5 Å². The minimum atomic E-state index is -3.52. The molecule has 7 nitrogen and oxygen atoms in total. The van der Waals surface area contributed by atoms with Crippen LogP contribution in [-0.2, 0) is 10.0 Å². The fraction of sp³-hybridized carbons (Fsp3) is 0.333. The van der Waals surface area contributed by atoms with Crippen molar-refractivity contribution in [1.82, 2.24) is 9.62 Å². The average molecular weight is 450 g/mol. The third-order valence-corrected chi connectivity index (χ3v) is 6.52. The second-order valence-corrected chi connectivity index (χ2v) is 8.74. The molecule has 0 aliphatic carbocycles. The third-order valence-electron chi connectivity index (χ3n) is 4.25. The first-order valence-electron chi connectivity index (χ1n) is 9.77. The molecule has 0 radical (unpaired) electrons. The van der Waals surface area contributed by atoms with Crippen molar-refractivity contribution in [3.63, 3.8) is 0 Å². The van der Waals surface area contributed by atoms with E-state index in [1.807, 2.05) is 6.92 Å². The zero-order valence-corrected chi connectivity index (χ0v) is 19.0. The Labute approximate surface area is 183 Å². The van der Waals surface area contributed by atoms with E-state index in [0.29, 0.717) is 36.7 Å². The van der Waals surface area contributed by atoms with Crippen molar-refractivity contribution < 1.29 is 17.9 Å². The van der Waals surface area contributed by atoms with Crippen LogP contribution in [0.1, 0.15) is 37.6 Å². The number of ether oxygens (including phenoxy) is 1. The zero-order valence-electron chi connectivity index (χ0n) is 17.3. The first-order chi connectivity index (χ1) is 14.3. The van der Waals surface area contributed by atoms with E-state index in [4.69, 9.17) is 17.0 Å². The molecule has 0 unspecified atom stereocenters. The average Bonchev–Trinajstić information content (AvgIpc) is 2.73. The molecular weight excluding hydrogens is 422 g/mol. The lowest BCUT2D eigenvalue weighted by molar-refractivity contribution is 0.0977. The number of rotatable bonds is 9. The number of carbonyl (C=O) groups excluding carboxylic acids is 1. The summed E-state index contributed by atoms with van der Waals surface area (Å²) in [6, 6.07) is 13.1. The zero-order chi connectivity index (χ0) is 22.1. The van der Waals surface area contributed by atoms with Crippen LogP contribution in [0, 0.1) is 0 Å². The van der Waals surface area contributed by atoms with Crippen LogP contribution in [0.2, 0.25) is 0 Å². The molecule has 2 aromatic rings. The van der Waals surface area contributed by atoms with E-state index in [-0.39, 0.29) is 15.9 Å². The standard InChI is InChI=1S/C21H27N3O4S2/c1-4-14-28-18-9-7-8-16(15-18)20(25)23-21(29)22-17-10-12-19(13-11-17)30(26,27)24(5-2)6-3/h7-13,15H,4-6,14H2,1-3H3,(H2,22,23,25,29). The lowest BCUT2D eigenvalue weighted by Gasteiger charge is -2.18. The predicted octanol–water partition coefficient (Wildman–Crippen LogP) is 3.63. The van der Waals surface area contributed by atoms with E-state index in [1.54, 1.807) is 50.2 Å². The molecule has 162 valence electrons. The first-order valence-corrected chi connectivity index (χ1v) is 11.6. The number of carbonyl (C=O) groups is 1. The Bertz CT molecular complexity index is 972. The maximum atomic E-state index is 12.5. The van der Waals surface area contributed by atoms with E-state index < -0.39 is 10.0 Å². The van der Waals surface area contributed by atoms with Gasteiger partial charge in [-0.25, -0.2) is 8.42 Å². The number of amides is 1. The van der Waals surface area contributed by atoms with Crippen molar-refractivity contribution in [2.75, 3.05) is 25.0 Å². The molecule has 0 aliphatic heterocycles. The van der Waals surface area contributed by atoms with Gasteiger partial charge in [-0.1, -0.05) is 26.8 Å². The van der Waals surface area contributed by atoms with Crippen LogP contribution >= 0.6 is 12.2 Å². The molecule has 9 heteroatoms. The van der Waals surface area contributed by atoms with Crippen LogP contribution in [-0.4, -0.2) is 43.4 Å². The highest BCUT2D eigenvalue weighted by atomic mass is 32.2. The van der Waals surface area contributed by atoms with Gasteiger partial charge in [-0.05, 0) is 61.1 Å². The number of nitrogens with one attached hydrogen (secondary N) is 2. The smallest absolute Gasteiger partial charge is 0.257 e. The molecule has 0 saturated heterocycles. The van der Waals surface area contributed by atoms with Crippen molar-refractivity contribution in [1.29, 1.82) is 0 Å². The lowest BCUT2D eigenvalue weighted by atomic mass is 10.2. The molecule has 0 spiro atoms. The minimum absolute atomic E-state index is 0.110. The van der Waals surface area contributed by atoms with E-state index >= 15 is 0 Å². The summed E-state index contributed by atoms with van der Waals surface area (Å²) in [4.78, 5) is 12.6. The Kier molecular flexibility index (Phi) is 8.76. The van der Waals surface area contributed by atoms with Gasteiger partial charge in [0.1, 0.15) is 5.75 Å². The van der Waals surface area contributed by atoms with E-state index in [2.05, 4.69) is 10.6 Å². The molecular formula is C21H27N3O4S2. The Morgan fingerprint density at radius 1 is 1.07 bits per heavy atom. The van der Waals surface area contributed by atoms with E-state index in [9.17, 15) is 13.2 Å². The Balaban J connectivity index is 2.00. The molecule has 0 saturated carbocycles. The number of benzene rings is 2. The highest BCUT2D eigenvalue weighted by Crippen LogP contribution is 2.18. The Hall–Kier alpha value is -2.49. The van der Waals surface area contributed by atoms with Crippen LogP contribution in [0.3, 0.4) is 0 Å². The summed E-state index contributed by atoms with van der Waals surface area (Å²) in [5, 5.41) is 5.61. The van der Waals surface area contributed by atoms with Gasteiger partial charge in [-0.2, -0.15) is 4.31 Å². The highest BCUT2D eigenvalue weighted by molar-refractivity contribution is 7.89. The summed E-state index contributed by atoms with van der Waals surface area (Å²) in [6.45, 7) is 6.98. The fourth-order valence-electron chi connectivity index (χ4n) is 2.71. The number of hydrogen-bond acceptors (Lipinski definition) is 5. The van der Waals surface area contributed by atoms with Gasteiger partial charge >= 0.3 is 0 Å². The molecule has 0 fully saturated rings. The van der Waals surface area contributed by atoms with Gasteiger partial charge in [0.25, 0.3) is 5.91 Å². The second-order valence-electron chi connectivity index (χ2n) is 6.40. The fourth-order valence-corrected chi connectivity index (χ4v) is 4.38. The maximum absolute atomic E-state index is 12.5. The Morgan fingerprint density at radius 3 is 2.33 bits per heavy atom. The lowest BCUT2D eigenvalue weighted by Crippen LogP contribution is -2.34. The summed E-state index contributed by atoms with van der Waals surface area (Å²) in [5.74, 6) is 0.253. The van der Waals surface area contributed by atoms with E-state index in [1.165, 1.54) is 16.4 Å². The number of thiocarbonyl (C=S) groups is 1. The molecule has 0 bridgehead atoms. The van der Waals surface area contributed by atoms with Crippen LogP contribution < -0.4 is 15.4 Å². The molecule has 0 heterocycles. The van der Waals surface area contributed by atoms with Crippen LogP contribution in [0.25, 0.3) is 0 Å². The molecule has 2 aromatic carbocycles. The largest absolute Gasteiger partial charge is 0.494 e. The van der Waals surface area contributed by atoms with Crippen LogP contribution in [0.5, 0.6) is 5.75 Å². The summed E-state index contributed by atoms with van der Waals surface area (Å²) in [7, 11) is -3.52. The third kappa shape index (κ3) is 6.25. The van der Waals surface area contributed by atoms with Crippen LogP contribution in [0.4, 0.5) is 5.69 Å². The quantitative estimate of drug-likeness (QED) is 0.569. The Morgan fingerprint density at radius 2 is 1.73 bits per heavy atom. The highest BCUT2D eigenvalue weighted by Gasteiger charge is 2.21. The summed E-state index contributed by atoms with van der Waals surface area (Å²) < 4.78 is 32.0. The number of sulfonamides is 1. The number of anilines is 1. The number of hydrogen-bond donors (Lipinski definition) is 2. The molecule has 2 rings (SSSR count). The van der Waals surface area contributed by atoms with Gasteiger partial charge in [-0.15, -0.1) is 0 Å². The van der Waals surface area contributed by atoms with Crippen molar-refractivity contribution in [3.8, 4) is 5.75 Å². The van der Waals surface area contributed by atoms with Crippen LogP contribution in [0.15, 0.2) is 53.4 Å². The van der Waals surface area contributed by atoms with Crippen molar-refractivity contribution in [2.24, 2.45) is 0 Å². The van der Waals surface area contributed by atoms with Crippen molar-refractivity contribution in [3.05, 3.63) is 54.1 Å². The molecule has 1 amide bonds. The minimum Gasteiger partial charge on any atom is -0.494 e. The summed E-state index contributed by atoms with van der Waals surface area (Å²) in [5.41, 5.74) is 0.993. The monoisotopic (exact) mass is 449 g/mol. The molecule has 0 aromatic heterocycles. The van der Waals surface area contributed by atoms with Crippen molar-refractivity contribution >= 4 is 38.9 Å². The van der Waals surface area contributed by atoms with Gasteiger partial charge in [0.15, 0.2) is 5.11 Å². The van der Waals surface area contributed by atoms with Gasteiger partial charge in [0, 0.05) is 24.3 Å². The molecule has 30 heavy (non-hydrogen) atoms. The van der Waals surface area contributed by atoms with E-state index in [0.717, 1.165) is 6.42 Å². The number of nitrogens with zero attached hydrogens (tertiary/aromatic N) is 1. The maximum Gasteiger partial charge on any atom is 0.257 e. The van der Waals surface area contributed by atoms with Gasteiger partial charge < -0.3 is 10.1 Å². The first kappa shape index (κ1) is 23.8. The molecule has 0 atom stereocenters. The predicted molar refractivity (Wildman–Crippen MR) is 122 cm³/mol. The van der Waals surface area contributed by atoms with Gasteiger partial charge in [-0.3, -0.25) is 10.1 Å². The topological polar surface area (TPSA) is 87.7 Å². The normalized spacial score (nSPS) is 11.2. The van der Waals surface area contributed by atoms with Gasteiger partial charge in [0.2, 0.25) is 10.0 Å². The molecule has 0 aliphatic rings. The SMILES string of the molecule is CCCOc1cccc(C(=O)NC(=S)Nc2ccc(S(=O)(=O)N(CC)CC)cc2)c1. The summed E-state index contributed by atoms with van der Waals surface area (Å²) >= 11 is 5.20.